The lowest BCUT2D eigenvalue weighted by Gasteiger charge is -2.40. The molecule has 1 aliphatic rings. The second-order valence-electron chi connectivity index (χ2n) is 6.40. The fourth-order valence-electron chi connectivity index (χ4n) is 2.58. The Hall–Kier alpha value is -1.07. The van der Waals surface area contributed by atoms with Crippen molar-refractivity contribution in [3.8, 4) is 0 Å². The molecular weight excluding hydrogens is 346 g/mol. The van der Waals surface area contributed by atoms with E-state index >= 15 is 0 Å². The second kappa shape index (κ2) is 11.6. The third-order valence-electron chi connectivity index (χ3n) is 4.15. The average Bonchev–Trinajstić information content (AvgIpc) is 2.61. The van der Waals surface area contributed by atoms with Crippen molar-refractivity contribution < 1.29 is 39.8 Å². The largest absolute Gasteiger partial charge is 0.394 e. The van der Waals surface area contributed by atoms with Crippen molar-refractivity contribution in [2.45, 2.75) is 76.0 Å². The molecule has 1 heterocycles. The van der Waals surface area contributed by atoms with Crippen LogP contribution < -0.4 is 5.32 Å². The topological polar surface area (TPSA) is 149 Å². The summed E-state index contributed by atoms with van der Waals surface area (Å²) in [4.78, 5) is 11.4. The van der Waals surface area contributed by atoms with Crippen LogP contribution in [0.5, 0.6) is 0 Å². The van der Waals surface area contributed by atoms with Crippen LogP contribution in [0.25, 0.3) is 0 Å². The second-order valence-corrected chi connectivity index (χ2v) is 6.40. The molecule has 9 heteroatoms. The Morgan fingerprint density at radius 1 is 1.27 bits per heavy atom. The van der Waals surface area contributed by atoms with Crippen LogP contribution in [0, 0.1) is 0 Å². The summed E-state index contributed by atoms with van der Waals surface area (Å²) in [5, 5.41) is 51.4. The number of hydrogen-bond donors (Lipinski definition) is 6. The van der Waals surface area contributed by atoms with Gasteiger partial charge in [0.05, 0.1) is 25.4 Å². The number of aliphatic hydroxyl groups excluding tert-OH is 5. The van der Waals surface area contributed by atoms with E-state index in [1.165, 1.54) is 6.92 Å². The van der Waals surface area contributed by atoms with E-state index in [9.17, 15) is 25.2 Å². The summed E-state index contributed by atoms with van der Waals surface area (Å²) in [5.74, 6) is -0.367. The maximum atomic E-state index is 11.4. The van der Waals surface area contributed by atoms with Crippen LogP contribution in [0.2, 0.25) is 0 Å². The number of rotatable bonds is 10. The lowest BCUT2D eigenvalue weighted by molar-refractivity contribution is -0.302. The van der Waals surface area contributed by atoms with Crippen molar-refractivity contribution in [2.24, 2.45) is 0 Å². The highest BCUT2D eigenvalue weighted by atomic mass is 16.7. The molecule has 1 saturated heterocycles. The van der Waals surface area contributed by atoms with E-state index < -0.39 is 49.5 Å². The zero-order valence-corrected chi connectivity index (χ0v) is 15.2. The monoisotopic (exact) mass is 377 g/mol. The molecule has 0 aromatic rings. The minimum absolute atomic E-state index is 0.207. The van der Waals surface area contributed by atoms with E-state index in [4.69, 9.17) is 14.6 Å². The number of allylic oxidation sites excluding steroid dienone is 1. The molecule has 9 nitrogen and oxygen atoms in total. The van der Waals surface area contributed by atoms with Crippen molar-refractivity contribution >= 4 is 5.91 Å². The van der Waals surface area contributed by atoms with Crippen molar-refractivity contribution in [3.63, 3.8) is 0 Å². The van der Waals surface area contributed by atoms with Gasteiger partial charge in [0, 0.05) is 6.92 Å². The standard InChI is InChI=1S/C17H31NO8/c1-3-4-5-6-7-12(21)11(18-10(2)20)9-25-17-16(24)15(23)14(22)13(8-19)26-17/h6-7,11-17,19,21-24H,3-5,8-9H2,1-2H3,(H,18,20)/b7-6+. The minimum Gasteiger partial charge on any atom is -0.394 e. The third-order valence-corrected chi connectivity index (χ3v) is 4.15. The van der Waals surface area contributed by atoms with E-state index in [-0.39, 0.29) is 12.5 Å². The first kappa shape index (κ1) is 23.0. The van der Waals surface area contributed by atoms with Gasteiger partial charge in [-0.3, -0.25) is 4.79 Å². The molecule has 1 fully saturated rings. The number of ether oxygens (including phenoxy) is 2. The van der Waals surface area contributed by atoms with Crippen LogP contribution >= 0.6 is 0 Å². The number of aliphatic hydroxyl groups is 5. The molecule has 7 unspecified atom stereocenters. The molecule has 6 N–H and O–H groups in total. The maximum absolute atomic E-state index is 11.4. The highest BCUT2D eigenvalue weighted by Gasteiger charge is 2.44. The van der Waals surface area contributed by atoms with Gasteiger partial charge in [0.25, 0.3) is 0 Å². The lowest BCUT2D eigenvalue weighted by atomic mass is 9.99. The molecule has 26 heavy (non-hydrogen) atoms. The molecule has 0 saturated carbocycles. The number of amides is 1. The number of nitrogens with one attached hydrogen (secondary N) is 1. The van der Waals surface area contributed by atoms with E-state index in [1.54, 1.807) is 6.08 Å². The Labute approximate surface area is 153 Å². The molecule has 0 aromatic heterocycles. The molecule has 0 spiro atoms. The first-order valence-electron chi connectivity index (χ1n) is 8.85. The van der Waals surface area contributed by atoms with Crippen LogP contribution in [-0.2, 0) is 14.3 Å². The van der Waals surface area contributed by atoms with Crippen molar-refractivity contribution in [2.75, 3.05) is 13.2 Å². The van der Waals surface area contributed by atoms with E-state index in [2.05, 4.69) is 12.2 Å². The van der Waals surface area contributed by atoms with Gasteiger partial charge in [-0.05, 0) is 6.42 Å². The van der Waals surface area contributed by atoms with Gasteiger partial charge in [0.2, 0.25) is 5.91 Å². The molecule has 152 valence electrons. The summed E-state index contributed by atoms with van der Waals surface area (Å²) in [5.41, 5.74) is 0. The summed E-state index contributed by atoms with van der Waals surface area (Å²) < 4.78 is 10.6. The van der Waals surface area contributed by atoms with Crippen LogP contribution in [0.4, 0.5) is 0 Å². The molecular formula is C17H31NO8. The van der Waals surface area contributed by atoms with Gasteiger partial charge >= 0.3 is 0 Å². The van der Waals surface area contributed by atoms with Gasteiger partial charge in [-0.15, -0.1) is 0 Å². The fourth-order valence-corrected chi connectivity index (χ4v) is 2.58. The molecule has 0 bridgehead atoms. The van der Waals surface area contributed by atoms with Gasteiger partial charge < -0.3 is 40.3 Å². The van der Waals surface area contributed by atoms with Crippen molar-refractivity contribution in [1.82, 2.24) is 5.32 Å². The highest BCUT2D eigenvalue weighted by molar-refractivity contribution is 5.73. The summed E-state index contributed by atoms with van der Waals surface area (Å²) >= 11 is 0. The van der Waals surface area contributed by atoms with Crippen LogP contribution in [0.15, 0.2) is 12.2 Å². The number of carbonyl (C=O) groups excluding carboxylic acids is 1. The van der Waals surface area contributed by atoms with Gasteiger partial charge in [-0.2, -0.15) is 0 Å². The number of hydrogen-bond acceptors (Lipinski definition) is 8. The summed E-state index contributed by atoms with van der Waals surface area (Å²) in [6.07, 6.45) is -1.81. The van der Waals surface area contributed by atoms with Crippen LogP contribution in [0.1, 0.15) is 33.1 Å². The van der Waals surface area contributed by atoms with Crippen molar-refractivity contribution in [1.29, 1.82) is 0 Å². The predicted molar refractivity (Wildman–Crippen MR) is 92.0 cm³/mol. The summed E-state index contributed by atoms with van der Waals surface area (Å²) in [7, 11) is 0. The molecule has 0 radical (unpaired) electrons. The maximum Gasteiger partial charge on any atom is 0.217 e. The van der Waals surface area contributed by atoms with Crippen LogP contribution in [0.3, 0.4) is 0 Å². The van der Waals surface area contributed by atoms with E-state index in [0.29, 0.717) is 0 Å². The Morgan fingerprint density at radius 3 is 2.54 bits per heavy atom. The Kier molecular flexibility index (Phi) is 10.3. The van der Waals surface area contributed by atoms with Gasteiger partial charge in [-0.25, -0.2) is 0 Å². The number of unbranched alkanes of at least 4 members (excludes halogenated alkanes) is 2. The summed E-state index contributed by atoms with van der Waals surface area (Å²) in [6.45, 7) is 2.58. The Balaban J connectivity index is 2.67. The normalized spacial score (nSPS) is 31.7. The molecule has 1 rings (SSSR count). The summed E-state index contributed by atoms with van der Waals surface area (Å²) in [6, 6.07) is -0.794. The minimum atomic E-state index is -1.55. The Morgan fingerprint density at radius 2 is 1.96 bits per heavy atom. The first-order chi connectivity index (χ1) is 12.3. The third kappa shape index (κ3) is 6.92. The fraction of sp³-hybridized carbons (Fsp3) is 0.824. The highest BCUT2D eigenvalue weighted by Crippen LogP contribution is 2.22. The molecule has 1 amide bonds. The van der Waals surface area contributed by atoms with E-state index in [0.717, 1.165) is 19.3 Å². The SMILES string of the molecule is CCCC/C=C/C(O)C(COC1OC(CO)C(O)C(O)C1O)NC(C)=O. The Bertz CT molecular complexity index is 444. The average molecular weight is 377 g/mol. The van der Waals surface area contributed by atoms with Gasteiger partial charge in [0.15, 0.2) is 6.29 Å². The zero-order chi connectivity index (χ0) is 19.7. The molecule has 0 aromatic carbocycles. The molecule has 1 aliphatic heterocycles. The smallest absolute Gasteiger partial charge is 0.217 e. The van der Waals surface area contributed by atoms with Gasteiger partial charge in [0.1, 0.15) is 24.4 Å². The zero-order valence-electron chi connectivity index (χ0n) is 15.2. The molecule has 7 atom stereocenters. The van der Waals surface area contributed by atoms with Crippen molar-refractivity contribution in [3.05, 3.63) is 12.2 Å². The van der Waals surface area contributed by atoms with E-state index in [1.807, 2.05) is 6.08 Å². The van der Waals surface area contributed by atoms with Gasteiger partial charge in [-0.1, -0.05) is 31.9 Å². The quantitative estimate of drug-likeness (QED) is 0.197. The van der Waals surface area contributed by atoms with Crippen LogP contribution in [-0.4, -0.2) is 87.5 Å². The first-order valence-corrected chi connectivity index (χ1v) is 8.85. The molecule has 0 aliphatic carbocycles. The predicted octanol–water partition coefficient (Wildman–Crippen LogP) is -1.59. The lowest BCUT2D eigenvalue weighted by Crippen LogP contribution is -2.60. The number of carbonyl (C=O) groups is 1.